The van der Waals surface area contributed by atoms with Gasteiger partial charge in [0.05, 0.1) is 32.5 Å². The van der Waals surface area contributed by atoms with Gasteiger partial charge in [0.1, 0.15) is 40.2 Å². The van der Waals surface area contributed by atoms with E-state index in [9.17, 15) is 39.6 Å². The molecule has 0 amide bonds. The van der Waals surface area contributed by atoms with Crippen LogP contribution in [0.1, 0.15) is 111 Å². The molecule has 0 aliphatic carbocycles. The van der Waals surface area contributed by atoms with Crippen molar-refractivity contribution < 1.29 is 58.6 Å². The molecule has 4 N–H and O–H groups in total. The van der Waals surface area contributed by atoms with Gasteiger partial charge in [-0.3, -0.25) is 9.59 Å². The first-order chi connectivity index (χ1) is 23.8. The molecule has 2 aromatic carbocycles. The van der Waals surface area contributed by atoms with Crippen LogP contribution in [0.15, 0.2) is 42.5 Å². The van der Waals surface area contributed by atoms with Crippen molar-refractivity contribution in [2.24, 2.45) is 0 Å². The quantitative estimate of drug-likeness (QED) is 0.265. The molecule has 4 atom stereocenters. The minimum atomic E-state index is -1.46. The van der Waals surface area contributed by atoms with Crippen molar-refractivity contribution in [1.82, 2.24) is 0 Å². The summed E-state index contributed by atoms with van der Waals surface area (Å²) in [7, 11) is 2.85. The highest BCUT2D eigenvalue weighted by Crippen LogP contribution is 2.32. The standard InChI is InChI=1S/C19H24O7.C19H24O5.CH4/c1-11-5-3-7-14(20)18(23)15(21)8-4-6-12-9-13(25-2)10-16(22)17(12)19(24)26-11;1-13-8-6-4-3-5-7-9-15(20)10-14-11-16(21)12-17(23-2)18(14)19(22)24-13;/h4,6,9-11,15,18,21-23H,3,5,7-8H2,1-2H3;7,9,11-13,21H,3-6,8,10H2,1-2H3;1H4/b6-4+;9-7+;/t11-,15-,18+;13-;/m00./s1. The molecule has 0 fully saturated rings. The van der Waals surface area contributed by atoms with Gasteiger partial charge in [-0.1, -0.05) is 32.1 Å². The van der Waals surface area contributed by atoms with E-state index in [1.165, 1.54) is 44.6 Å². The molecular formula is C39H52O12. The Morgan fingerprint density at radius 3 is 2.10 bits per heavy atom. The Balaban J connectivity index is 0.000000348. The van der Waals surface area contributed by atoms with Gasteiger partial charge in [-0.15, -0.1) is 0 Å². The van der Waals surface area contributed by atoms with Gasteiger partial charge in [-0.2, -0.15) is 0 Å². The summed E-state index contributed by atoms with van der Waals surface area (Å²) in [5.41, 5.74) is 0.970. The third kappa shape index (κ3) is 12.9. The summed E-state index contributed by atoms with van der Waals surface area (Å²) >= 11 is 0. The maximum Gasteiger partial charge on any atom is 0.342 e. The van der Waals surface area contributed by atoms with Crippen LogP contribution in [0, 0.1) is 0 Å². The van der Waals surface area contributed by atoms with Crippen molar-refractivity contribution in [3.63, 3.8) is 0 Å². The number of Topliss-reactive ketones (excluding diaryl/α,β-unsaturated/α-hetero) is 1. The van der Waals surface area contributed by atoms with Crippen molar-refractivity contribution in [3.8, 4) is 23.0 Å². The lowest BCUT2D eigenvalue weighted by Gasteiger charge is -2.18. The van der Waals surface area contributed by atoms with Gasteiger partial charge >= 0.3 is 11.9 Å². The number of allylic oxidation sites excluding steroid dienone is 2. The monoisotopic (exact) mass is 712 g/mol. The Hall–Kier alpha value is -4.68. The number of methoxy groups -OCH3 is 2. The number of aromatic hydroxyl groups is 2. The van der Waals surface area contributed by atoms with Crippen molar-refractivity contribution in [2.45, 2.75) is 110 Å². The summed E-state index contributed by atoms with van der Waals surface area (Å²) in [5, 5.41) is 39.9. The zero-order valence-corrected chi connectivity index (χ0v) is 29.1. The molecule has 0 bridgehead atoms. The van der Waals surface area contributed by atoms with E-state index < -0.39 is 36.0 Å². The van der Waals surface area contributed by atoms with E-state index in [4.69, 9.17) is 18.9 Å². The van der Waals surface area contributed by atoms with Gasteiger partial charge in [-0.25, -0.2) is 9.59 Å². The normalized spacial score (nSPS) is 23.5. The van der Waals surface area contributed by atoms with Crippen LogP contribution in [0.5, 0.6) is 23.0 Å². The van der Waals surface area contributed by atoms with Crippen LogP contribution in [-0.4, -0.2) is 82.6 Å². The first kappa shape index (κ1) is 42.5. The number of fused-ring (bicyclic) bond motifs is 2. The molecule has 4 rings (SSSR count). The second kappa shape index (κ2) is 20.9. The summed E-state index contributed by atoms with van der Waals surface area (Å²) < 4.78 is 21.2. The summed E-state index contributed by atoms with van der Waals surface area (Å²) in [6.45, 7) is 3.55. The summed E-state index contributed by atoms with van der Waals surface area (Å²) in [5.74, 6) is -1.53. The number of hydrogen-bond donors (Lipinski definition) is 4. The van der Waals surface area contributed by atoms with E-state index in [2.05, 4.69) is 0 Å². The number of carbonyl (C=O) groups is 4. The number of ketones is 2. The molecule has 280 valence electrons. The topological polar surface area (TPSA) is 186 Å². The van der Waals surface area contributed by atoms with E-state index >= 15 is 0 Å². The van der Waals surface area contributed by atoms with Crippen LogP contribution in [0.2, 0.25) is 0 Å². The fraction of sp³-hybridized carbons (Fsp3) is 0.487. The van der Waals surface area contributed by atoms with Crippen LogP contribution in [0.3, 0.4) is 0 Å². The Kier molecular flexibility index (Phi) is 17.4. The molecule has 2 heterocycles. The lowest BCUT2D eigenvalue weighted by molar-refractivity contribution is -0.132. The van der Waals surface area contributed by atoms with E-state index in [1.807, 2.05) is 13.0 Å². The maximum atomic E-state index is 12.6. The molecule has 0 saturated heterocycles. The number of aliphatic hydroxyl groups excluding tert-OH is 2. The van der Waals surface area contributed by atoms with Crippen LogP contribution in [0.4, 0.5) is 0 Å². The Morgan fingerprint density at radius 1 is 0.765 bits per heavy atom. The van der Waals surface area contributed by atoms with Crippen molar-refractivity contribution >= 4 is 29.6 Å². The average Bonchev–Trinajstić information content (AvgIpc) is 3.06. The molecule has 0 radical (unpaired) electrons. The number of rotatable bonds is 2. The van der Waals surface area contributed by atoms with E-state index in [1.54, 1.807) is 19.1 Å². The second-order valence-electron chi connectivity index (χ2n) is 12.4. The first-order valence-corrected chi connectivity index (χ1v) is 16.8. The van der Waals surface area contributed by atoms with Crippen LogP contribution < -0.4 is 9.47 Å². The zero-order chi connectivity index (χ0) is 36.8. The van der Waals surface area contributed by atoms with E-state index in [0.29, 0.717) is 29.7 Å². The number of carbonyl (C=O) groups excluding carboxylic acids is 4. The maximum absolute atomic E-state index is 12.6. The van der Waals surface area contributed by atoms with Crippen molar-refractivity contribution in [2.75, 3.05) is 14.2 Å². The lowest BCUT2D eigenvalue weighted by Crippen LogP contribution is -2.33. The average molecular weight is 713 g/mol. The molecule has 12 heteroatoms. The van der Waals surface area contributed by atoms with Crippen LogP contribution in [0.25, 0.3) is 6.08 Å². The van der Waals surface area contributed by atoms with E-state index in [0.717, 1.165) is 32.1 Å². The van der Waals surface area contributed by atoms with Gasteiger partial charge in [0, 0.05) is 25.0 Å². The first-order valence-electron chi connectivity index (χ1n) is 16.8. The highest BCUT2D eigenvalue weighted by atomic mass is 16.5. The van der Waals surface area contributed by atoms with Gasteiger partial charge in [0.2, 0.25) is 0 Å². The fourth-order valence-corrected chi connectivity index (χ4v) is 5.61. The second-order valence-corrected chi connectivity index (χ2v) is 12.4. The molecule has 12 nitrogen and oxygen atoms in total. The molecule has 0 unspecified atom stereocenters. The molecule has 2 aromatic rings. The Bertz CT molecular complexity index is 1560. The largest absolute Gasteiger partial charge is 0.508 e. The molecule has 2 aliphatic heterocycles. The lowest BCUT2D eigenvalue weighted by atomic mass is 9.99. The molecule has 51 heavy (non-hydrogen) atoms. The van der Waals surface area contributed by atoms with Gasteiger partial charge < -0.3 is 39.4 Å². The Morgan fingerprint density at radius 2 is 1.43 bits per heavy atom. The molecule has 0 aromatic heterocycles. The number of esters is 2. The molecule has 0 saturated carbocycles. The summed E-state index contributed by atoms with van der Waals surface area (Å²) in [6, 6.07) is 5.64. The van der Waals surface area contributed by atoms with Gasteiger partial charge in [-0.05, 0) is 88.1 Å². The molecular weight excluding hydrogens is 660 g/mol. The predicted molar refractivity (Wildman–Crippen MR) is 191 cm³/mol. The zero-order valence-electron chi connectivity index (χ0n) is 29.1. The van der Waals surface area contributed by atoms with Gasteiger partial charge in [0.15, 0.2) is 11.6 Å². The van der Waals surface area contributed by atoms with E-state index in [-0.39, 0.29) is 67.0 Å². The minimum absolute atomic E-state index is 0. The molecule has 2 aliphatic rings. The van der Waals surface area contributed by atoms with Gasteiger partial charge in [0.25, 0.3) is 0 Å². The third-order valence-electron chi connectivity index (χ3n) is 8.32. The number of ether oxygens (including phenoxy) is 4. The van der Waals surface area contributed by atoms with Crippen LogP contribution >= 0.6 is 0 Å². The Labute approximate surface area is 299 Å². The number of benzene rings is 2. The number of aliphatic hydroxyl groups is 2. The molecule has 0 spiro atoms. The highest BCUT2D eigenvalue weighted by Gasteiger charge is 2.26. The fourth-order valence-electron chi connectivity index (χ4n) is 5.61. The third-order valence-corrected chi connectivity index (χ3v) is 8.32. The van der Waals surface area contributed by atoms with Crippen molar-refractivity contribution in [1.29, 1.82) is 0 Å². The number of cyclic esters (lactones) is 2. The number of hydrogen-bond acceptors (Lipinski definition) is 12. The minimum Gasteiger partial charge on any atom is -0.508 e. The van der Waals surface area contributed by atoms with Crippen LogP contribution in [-0.2, 0) is 25.5 Å². The number of phenolic OH excluding ortho intramolecular Hbond substituents is 2. The highest BCUT2D eigenvalue weighted by molar-refractivity contribution is 5.99. The summed E-state index contributed by atoms with van der Waals surface area (Å²) in [6.07, 6.45) is 8.66. The SMILES string of the molecule is C.COc1cc(O)c2c(c1)/C=C/C[C@H](O)[C@H](O)C(=O)CCC[C@H](C)OC2=O.COc1cc(O)cc2c1C(=O)O[C@@H](C)CCCCC/C=C/C(=O)C2. The predicted octanol–water partition coefficient (Wildman–Crippen LogP) is 6.04. The smallest absolute Gasteiger partial charge is 0.342 e. The number of phenols is 2. The van der Waals surface area contributed by atoms with Crippen molar-refractivity contribution in [3.05, 3.63) is 64.7 Å². The summed E-state index contributed by atoms with van der Waals surface area (Å²) in [4.78, 5) is 49.1.